The first-order valence-corrected chi connectivity index (χ1v) is 9.08. The molecular formula is C19H15FN2O5S. The Balaban J connectivity index is 1.72. The highest BCUT2D eigenvalue weighted by Gasteiger charge is 2.41. The number of hydrogen-bond acceptors (Lipinski definition) is 5. The third-order valence-electron chi connectivity index (χ3n) is 4.06. The number of carbonyl (C=O) groups is 4. The Morgan fingerprint density at radius 1 is 1.18 bits per heavy atom. The van der Waals surface area contributed by atoms with Crippen molar-refractivity contribution in [2.24, 2.45) is 0 Å². The van der Waals surface area contributed by atoms with Crippen molar-refractivity contribution in [1.29, 1.82) is 0 Å². The number of carbonyl (C=O) groups excluding carboxylic acids is 3. The average Bonchev–Trinajstić information content (AvgIpc) is 2.89. The van der Waals surface area contributed by atoms with E-state index in [0.717, 1.165) is 22.6 Å². The molecule has 1 aliphatic heterocycles. The standard InChI is InChI=1S/C19H15FN2O5S/c1-10-2-7-13(18(25)26)14(8-10)21-16(23)9-15-17(24)22(19(27)28-15)12-5-3-11(20)4-6-12/h2-8,15H,9H2,1H3,(H,21,23)(H,25,26). The monoisotopic (exact) mass is 402 g/mol. The zero-order chi connectivity index (χ0) is 20.4. The molecule has 0 spiro atoms. The van der Waals surface area contributed by atoms with Gasteiger partial charge in [-0.15, -0.1) is 0 Å². The average molecular weight is 402 g/mol. The van der Waals surface area contributed by atoms with Gasteiger partial charge in [0.25, 0.3) is 5.24 Å². The summed E-state index contributed by atoms with van der Waals surface area (Å²) in [6.07, 6.45) is -0.306. The molecule has 2 N–H and O–H groups in total. The number of benzene rings is 2. The fraction of sp³-hybridized carbons (Fsp3) is 0.158. The lowest BCUT2D eigenvalue weighted by molar-refractivity contribution is -0.121. The van der Waals surface area contributed by atoms with Crippen molar-refractivity contribution >= 4 is 46.2 Å². The van der Waals surface area contributed by atoms with Crippen LogP contribution in [0.4, 0.5) is 20.6 Å². The molecule has 2 aromatic rings. The van der Waals surface area contributed by atoms with E-state index in [1.807, 2.05) is 0 Å². The molecule has 0 aliphatic carbocycles. The van der Waals surface area contributed by atoms with E-state index < -0.39 is 34.1 Å². The zero-order valence-electron chi connectivity index (χ0n) is 14.6. The highest BCUT2D eigenvalue weighted by atomic mass is 32.2. The zero-order valence-corrected chi connectivity index (χ0v) is 15.5. The fourth-order valence-corrected chi connectivity index (χ4v) is 3.71. The predicted molar refractivity (Wildman–Crippen MR) is 102 cm³/mol. The molecule has 1 aliphatic rings. The number of amides is 3. The van der Waals surface area contributed by atoms with Crippen molar-refractivity contribution in [3.63, 3.8) is 0 Å². The number of rotatable bonds is 5. The van der Waals surface area contributed by atoms with Crippen LogP contribution < -0.4 is 10.2 Å². The largest absolute Gasteiger partial charge is 0.478 e. The number of carboxylic acids is 1. The van der Waals surface area contributed by atoms with Crippen LogP contribution in [-0.2, 0) is 9.59 Å². The summed E-state index contributed by atoms with van der Waals surface area (Å²) < 4.78 is 13.1. The summed E-state index contributed by atoms with van der Waals surface area (Å²) in [7, 11) is 0. The van der Waals surface area contributed by atoms with Crippen LogP contribution in [0.15, 0.2) is 42.5 Å². The third-order valence-corrected chi connectivity index (χ3v) is 5.09. The summed E-state index contributed by atoms with van der Waals surface area (Å²) in [6.45, 7) is 1.75. The molecule has 2 aromatic carbocycles. The van der Waals surface area contributed by atoms with E-state index in [4.69, 9.17) is 0 Å². The smallest absolute Gasteiger partial charge is 0.337 e. The lowest BCUT2D eigenvalue weighted by Crippen LogP contribution is -2.33. The first-order valence-electron chi connectivity index (χ1n) is 8.20. The maximum Gasteiger partial charge on any atom is 0.337 e. The van der Waals surface area contributed by atoms with Gasteiger partial charge in [0.2, 0.25) is 11.8 Å². The Hall–Kier alpha value is -3.20. The van der Waals surface area contributed by atoms with Gasteiger partial charge in [0.05, 0.1) is 16.9 Å². The highest BCUT2D eigenvalue weighted by molar-refractivity contribution is 8.15. The topological polar surface area (TPSA) is 104 Å². The molecule has 3 amide bonds. The molecule has 1 saturated heterocycles. The molecule has 1 unspecified atom stereocenters. The van der Waals surface area contributed by atoms with Crippen LogP contribution in [0.1, 0.15) is 22.3 Å². The molecular weight excluding hydrogens is 387 g/mol. The molecule has 0 radical (unpaired) electrons. The number of aryl methyl sites for hydroxylation is 1. The number of hydrogen-bond donors (Lipinski definition) is 2. The van der Waals surface area contributed by atoms with Gasteiger partial charge in [-0.05, 0) is 60.6 Å². The minimum Gasteiger partial charge on any atom is -0.478 e. The Morgan fingerprint density at radius 3 is 2.50 bits per heavy atom. The predicted octanol–water partition coefficient (Wildman–Crippen LogP) is 3.43. The van der Waals surface area contributed by atoms with Gasteiger partial charge in [0, 0.05) is 6.42 Å². The number of nitrogens with zero attached hydrogens (tertiary/aromatic N) is 1. The summed E-state index contributed by atoms with van der Waals surface area (Å²) >= 11 is 0.700. The maximum absolute atomic E-state index is 13.1. The van der Waals surface area contributed by atoms with E-state index in [-0.39, 0.29) is 23.4 Å². The number of halogens is 1. The third kappa shape index (κ3) is 4.04. The molecule has 0 saturated carbocycles. The van der Waals surface area contributed by atoms with Gasteiger partial charge in [0.1, 0.15) is 11.1 Å². The van der Waals surface area contributed by atoms with Gasteiger partial charge >= 0.3 is 5.97 Å². The van der Waals surface area contributed by atoms with Gasteiger partial charge < -0.3 is 10.4 Å². The minimum atomic E-state index is -1.20. The first-order chi connectivity index (χ1) is 13.3. The van der Waals surface area contributed by atoms with Crippen molar-refractivity contribution in [2.75, 3.05) is 10.2 Å². The van der Waals surface area contributed by atoms with E-state index in [1.165, 1.54) is 24.3 Å². The number of anilines is 2. The second-order valence-corrected chi connectivity index (χ2v) is 7.28. The van der Waals surface area contributed by atoms with Crippen LogP contribution in [-0.4, -0.2) is 33.4 Å². The fourth-order valence-electron chi connectivity index (χ4n) is 2.73. The first kappa shape index (κ1) is 19.6. The second-order valence-electron chi connectivity index (χ2n) is 6.13. The van der Waals surface area contributed by atoms with Crippen LogP contribution in [0.25, 0.3) is 0 Å². The Kier molecular flexibility index (Phi) is 5.46. The number of nitrogens with one attached hydrogen (secondary N) is 1. The molecule has 28 heavy (non-hydrogen) atoms. The van der Waals surface area contributed by atoms with E-state index in [9.17, 15) is 28.7 Å². The summed E-state index contributed by atoms with van der Waals surface area (Å²) in [5.41, 5.74) is 1.02. The van der Waals surface area contributed by atoms with Gasteiger partial charge in [0.15, 0.2) is 0 Å². The second kappa shape index (κ2) is 7.81. The molecule has 1 atom stereocenters. The van der Waals surface area contributed by atoms with E-state index in [1.54, 1.807) is 13.0 Å². The summed E-state index contributed by atoms with van der Waals surface area (Å²) in [5.74, 6) is -2.87. The number of carboxylic acid groups (broad SMARTS) is 1. The molecule has 3 rings (SSSR count). The molecule has 1 fully saturated rings. The Labute approximate surface area is 163 Å². The number of aromatic carboxylic acids is 1. The van der Waals surface area contributed by atoms with Gasteiger partial charge in [-0.1, -0.05) is 6.07 Å². The van der Waals surface area contributed by atoms with Crippen LogP contribution in [0.5, 0.6) is 0 Å². The number of thioether (sulfide) groups is 1. The van der Waals surface area contributed by atoms with Gasteiger partial charge in [-0.25, -0.2) is 14.1 Å². The van der Waals surface area contributed by atoms with Crippen molar-refractivity contribution in [3.05, 3.63) is 59.4 Å². The van der Waals surface area contributed by atoms with Crippen LogP contribution in [0, 0.1) is 12.7 Å². The molecule has 144 valence electrons. The SMILES string of the molecule is Cc1ccc(C(=O)O)c(NC(=O)CC2SC(=O)N(c3ccc(F)cc3)C2=O)c1. The summed E-state index contributed by atoms with van der Waals surface area (Å²) in [6, 6.07) is 9.37. The van der Waals surface area contributed by atoms with Crippen molar-refractivity contribution in [2.45, 2.75) is 18.6 Å². The van der Waals surface area contributed by atoms with Crippen molar-refractivity contribution in [3.8, 4) is 0 Å². The summed E-state index contributed by atoms with van der Waals surface area (Å²) in [5, 5.41) is 10.2. The molecule has 9 heteroatoms. The highest BCUT2D eigenvalue weighted by Crippen LogP contribution is 2.33. The van der Waals surface area contributed by atoms with Crippen LogP contribution in [0.2, 0.25) is 0 Å². The number of imide groups is 1. The van der Waals surface area contributed by atoms with Crippen molar-refractivity contribution in [1.82, 2.24) is 0 Å². The van der Waals surface area contributed by atoms with E-state index in [2.05, 4.69) is 5.32 Å². The van der Waals surface area contributed by atoms with E-state index >= 15 is 0 Å². The Bertz CT molecular complexity index is 977. The maximum atomic E-state index is 13.1. The summed E-state index contributed by atoms with van der Waals surface area (Å²) in [4.78, 5) is 49.2. The molecule has 1 heterocycles. The normalized spacial score (nSPS) is 16.4. The lowest BCUT2D eigenvalue weighted by atomic mass is 10.1. The van der Waals surface area contributed by atoms with Crippen LogP contribution in [0.3, 0.4) is 0 Å². The van der Waals surface area contributed by atoms with Crippen LogP contribution >= 0.6 is 11.8 Å². The van der Waals surface area contributed by atoms with E-state index in [0.29, 0.717) is 11.8 Å². The Morgan fingerprint density at radius 2 is 1.86 bits per heavy atom. The van der Waals surface area contributed by atoms with Gasteiger partial charge in [-0.2, -0.15) is 0 Å². The van der Waals surface area contributed by atoms with Crippen molar-refractivity contribution < 1.29 is 28.7 Å². The molecule has 7 nitrogen and oxygen atoms in total. The minimum absolute atomic E-state index is 0.0756. The molecule has 0 bridgehead atoms. The van der Waals surface area contributed by atoms with Gasteiger partial charge in [-0.3, -0.25) is 14.4 Å². The molecule has 0 aromatic heterocycles. The quantitative estimate of drug-likeness (QED) is 0.794. The lowest BCUT2D eigenvalue weighted by Gasteiger charge is -2.14.